The number of rotatable bonds is 6. The fourth-order valence-electron chi connectivity index (χ4n) is 7.97. The molecular formula is C39H50N6O6. The standard InChI is InChI=1S/C39H50N6O6/c1-3-25(2)33-39(51)45-22-12-19-32(45)38(50)44-21-11-18-31(44)36(48)41-29(24-27-15-8-5-9-16-27)37(49)43-20-10-17-30(43)35(47)40-28(34(46)42-33)23-26-13-6-4-7-14-26/h4-9,13-16,25,28-33H,3,10-12,17-24H2,1-2H3,(H,40,47)(H,41,48)(H,42,46)/t25-,28+,29+,30-,31-,32-,33-/m0/s1/i/hD. The quantitative estimate of drug-likeness (QED) is 0.420. The van der Waals surface area contributed by atoms with Gasteiger partial charge < -0.3 is 30.6 Å². The first-order chi connectivity index (χ1) is 25.1. The van der Waals surface area contributed by atoms with Gasteiger partial charge in [-0.2, -0.15) is 0 Å². The van der Waals surface area contributed by atoms with Crippen LogP contribution in [0, 0.1) is 5.92 Å². The molecule has 4 fully saturated rings. The molecule has 4 aliphatic heterocycles. The summed E-state index contributed by atoms with van der Waals surface area (Å²) in [6.07, 6.45) is 3.59. The minimum Gasteiger partial charge on any atom is -0.342 e. The van der Waals surface area contributed by atoms with Crippen LogP contribution < -0.4 is 15.9 Å². The second kappa shape index (κ2) is 16.1. The van der Waals surface area contributed by atoms with Crippen molar-refractivity contribution in [3.8, 4) is 0 Å². The fraction of sp³-hybridized carbons (Fsp3) is 0.538. The lowest BCUT2D eigenvalue weighted by Gasteiger charge is -2.36. The number of hydrogen-bond donors (Lipinski definition) is 3. The summed E-state index contributed by atoms with van der Waals surface area (Å²) in [5.41, 5.74) is 1.57. The van der Waals surface area contributed by atoms with Crippen molar-refractivity contribution < 1.29 is 30.2 Å². The van der Waals surface area contributed by atoms with Crippen molar-refractivity contribution in [2.24, 2.45) is 5.92 Å². The van der Waals surface area contributed by atoms with Crippen LogP contribution in [-0.2, 0) is 41.6 Å². The number of benzene rings is 2. The molecule has 4 heterocycles. The Labute approximate surface area is 301 Å². The Balaban J connectivity index is 1.40. The van der Waals surface area contributed by atoms with E-state index in [-0.39, 0.29) is 31.8 Å². The molecule has 7 atom stereocenters. The molecule has 12 nitrogen and oxygen atoms in total. The minimum atomic E-state index is -1.21. The van der Waals surface area contributed by atoms with E-state index in [9.17, 15) is 28.8 Å². The lowest BCUT2D eigenvalue weighted by Crippen LogP contribution is -2.62. The van der Waals surface area contributed by atoms with Crippen molar-refractivity contribution in [1.82, 2.24) is 30.6 Å². The monoisotopic (exact) mass is 699 g/mol. The highest BCUT2D eigenvalue weighted by Gasteiger charge is 2.46. The van der Waals surface area contributed by atoms with Crippen LogP contribution in [-0.4, -0.2) is 106 Å². The third kappa shape index (κ3) is 7.94. The van der Waals surface area contributed by atoms with Crippen LogP contribution in [0.25, 0.3) is 0 Å². The molecule has 0 bridgehead atoms. The van der Waals surface area contributed by atoms with Gasteiger partial charge in [0, 0.05) is 32.5 Å². The zero-order valence-corrected chi connectivity index (χ0v) is 29.5. The number of nitrogens with zero attached hydrogens (tertiary/aromatic N) is 3. The molecule has 0 aromatic heterocycles. The molecule has 272 valence electrons. The molecule has 0 radical (unpaired) electrons. The van der Waals surface area contributed by atoms with Crippen molar-refractivity contribution in [1.29, 1.82) is 0 Å². The Kier molecular flexibility index (Phi) is 10.9. The van der Waals surface area contributed by atoms with Gasteiger partial charge in [0.05, 0.1) is 0 Å². The van der Waals surface area contributed by atoms with E-state index in [0.717, 1.165) is 11.1 Å². The molecule has 12 heteroatoms. The normalized spacial score (nSPS) is 29.1. The van der Waals surface area contributed by atoms with Gasteiger partial charge >= 0.3 is 0 Å². The Morgan fingerprint density at radius 1 is 0.627 bits per heavy atom. The molecule has 51 heavy (non-hydrogen) atoms. The van der Waals surface area contributed by atoms with E-state index in [1.54, 1.807) is 6.92 Å². The van der Waals surface area contributed by atoms with Crippen molar-refractivity contribution >= 4 is 35.4 Å². The summed E-state index contributed by atoms with van der Waals surface area (Å²) in [4.78, 5) is 90.2. The van der Waals surface area contributed by atoms with Gasteiger partial charge in [0.1, 0.15) is 36.3 Å². The molecule has 3 N–H and O–H groups in total. The Morgan fingerprint density at radius 3 is 1.61 bits per heavy atom. The molecule has 6 amide bonds. The van der Waals surface area contributed by atoms with Crippen LogP contribution in [0.2, 0.25) is 1.41 Å². The molecule has 2 aromatic rings. The van der Waals surface area contributed by atoms with Gasteiger partial charge in [-0.25, -0.2) is 0 Å². The van der Waals surface area contributed by atoms with Gasteiger partial charge in [0.2, 0.25) is 35.4 Å². The molecule has 2 aromatic carbocycles. The predicted octanol–water partition coefficient (Wildman–Crippen LogP) is 1.96. The average Bonchev–Trinajstić information content (AvgIpc) is 3.95. The van der Waals surface area contributed by atoms with Gasteiger partial charge in [-0.3, -0.25) is 28.8 Å². The van der Waals surface area contributed by atoms with Crippen molar-refractivity contribution in [2.75, 3.05) is 19.6 Å². The molecule has 0 saturated carbocycles. The molecule has 4 saturated heterocycles. The van der Waals surface area contributed by atoms with Gasteiger partial charge in [-0.1, -0.05) is 80.9 Å². The molecule has 0 spiro atoms. The first-order valence-electron chi connectivity index (χ1n) is 19.0. The van der Waals surface area contributed by atoms with Crippen LogP contribution in [0.3, 0.4) is 0 Å². The molecule has 4 aliphatic rings. The number of fused-ring (bicyclic) bond motifs is 3. The SMILES string of the molecule is [2H]N1C(=O)[C@@H](Cc2ccccc2)NC(=O)[C@@H]2CCCN2C(=O)[C@@H](Cc2ccccc2)NC(=O)[C@@H]2CCCN2C(=O)[C@@H]2CCCN2C(=O)[C@@H]1[C@@H](C)CC. The second-order valence-electron chi connectivity index (χ2n) is 14.4. The van der Waals surface area contributed by atoms with E-state index in [1.165, 1.54) is 14.7 Å². The van der Waals surface area contributed by atoms with Crippen molar-refractivity contribution in [3.05, 3.63) is 71.8 Å². The second-order valence-corrected chi connectivity index (χ2v) is 14.4. The number of nitrogens with one attached hydrogen (secondary N) is 3. The van der Waals surface area contributed by atoms with Crippen molar-refractivity contribution in [3.63, 3.8) is 0 Å². The molecule has 0 aliphatic carbocycles. The summed E-state index contributed by atoms with van der Waals surface area (Å²) in [7, 11) is 0. The minimum absolute atomic E-state index is 0.0662. The molecular weight excluding hydrogens is 648 g/mol. The van der Waals surface area contributed by atoms with E-state index in [2.05, 4.69) is 10.6 Å². The Morgan fingerprint density at radius 2 is 1.08 bits per heavy atom. The van der Waals surface area contributed by atoms with Crippen LogP contribution >= 0.6 is 0 Å². The zero-order valence-electron chi connectivity index (χ0n) is 30.5. The third-order valence-corrected chi connectivity index (χ3v) is 11.0. The van der Waals surface area contributed by atoms with E-state index in [4.69, 9.17) is 1.41 Å². The maximum absolute atomic E-state index is 14.4. The fourth-order valence-corrected chi connectivity index (χ4v) is 7.97. The predicted molar refractivity (Wildman–Crippen MR) is 190 cm³/mol. The van der Waals surface area contributed by atoms with E-state index in [0.29, 0.717) is 56.8 Å². The smallest absolute Gasteiger partial charge is 0.246 e. The van der Waals surface area contributed by atoms with Gasteiger partial charge in [0.15, 0.2) is 1.41 Å². The van der Waals surface area contributed by atoms with E-state index < -0.39 is 71.7 Å². The van der Waals surface area contributed by atoms with Crippen LogP contribution in [0.5, 0.6) is 0 Å². The summed E-state index contributed by atoms with van der Waals surface area (Å²) in [6.45, 7) is 4.58. The zero-order chi connectivity index (χ0) is 36.9. The van der Waals surface area contributed by atoms with Gasteiger partial charge in [-0.15, -0.1) is 0 Å². The van der Waals surface area contributed by atoms with Crippen LogP contribution in [0.15, 0.2) is 60.7 Å². The Bertz CT molecular complexity index is 1640. The lowest BCUT2D eigenvalue weighted by atomic mass is 9.96. The van der Waals surface area contributed by atoms with E-state index >= 15 is 0 Å². The highest BCUT2D eigenvalue weighted by atomic mass is 16.2. The van der Waals surface area contributed by atoms with Gasteiger partial charge in [0.25, 0.3) is 0 Å². The number of hydrogen-bond acceptors (Lipinski definition) is 6. The third-order valence-electron chi connectivity index (χ3n) is 11.0. The number of carbonyl (C=O) groups excluding carboxylic acids is 6. The molecule has 6 rings (SSSR count). The Hall–Kier alpha value is -4.74. The summed E-state index contributed by atoms with van der Waals surface area (Å²) in [6, 6.07) is 12.4. The van der Waals surface area contributed by atoms with E-state index in [1.807, 2.05) is 67.6 Å². The van der Waals surface area contributed by atoms with Crippen LogP contribution in [0.4, 0.5) is 0 Å². The summed E-state index contributed by atoms with van der Waals surface area (Å²) < 4.78 is 9.16. The first kappa shape index (κ1) is 34.7. The maximum Gasteiger partial charge on any atom is 0.246 e. The summed E-state index contributed by atoms with van der Waals surface area (Å²) >= 11 is 0. The van der Waals surface area contributed by atoms with Gasteiger partial charge in [-0.05, 0) is 55.6 Å². The van der Waals surface area contributed by atoms with Crippen LogP contribution in [0.1, 0.15) is 69.9 Å². The number of carbonyl (C=O) groups is 6. The first-order valence-corrected chi connectivity index (χ1v) is 18.5. The average molecular weight is 700 g/mol. The largest absolute Gasteiger partial charge is 0.342 e. The van der Waals surface area contributed by atoms with Crippen molar-refractivity contribution in [2.45, 2.75) is 108 Å². The highest BCUT2D eigenvalue weighted by molar-refractivity contribution is 5.99. The summed E-state index contributed by atoms with van der Waals surface area (Å²) in [5, 5.41) is 6.54. The number of amides is 6. The topological polar surface area (TPSA) is 148 Å². The lowest BCUT2D eigenvalue weighted by molar-refractivity contribution is -0.149. The molecule has 0 unspecified atom stereocenters. The maximum atomic E-state index is 14.4. The highest BCUT2D eigenvalue weighted by Crippen LogP contribution is 2.28. The summed E-state index contributed by atoms with van der Waals surface area (Å²) in [5.74, 6) is -3.39.